The Labute approximate surface area is 181 Å². The number of nitrogens with one attached hydrogen (secondary N) is 1. The van der Waals surface area contributed by atoms with Gasteiger partial charge in [-0.1, -0.05) is 49.4 Å². The molecule has 1 aliphatic carbocycles. The van der Waals surface area contributed by atoms with Gasteiger partial charge in [0.2, 0.25) is 0 Å². The van der Waals surface area contributed by atoms with Crippen LogP contribution < -0.4 is 5.32 Å². The van der Waals surface area contributed by atoms with Gasteiger partial charge in [0.15, 0.2) is 5.78 Å². The summed E-state index contributed by atoms with van der Waals surface area (Å²) in [6, 6.07) is 13.4. The molecular formula is C25H27NO5. The minimum Gasteiger partial charge on any atom is -0.506 e. The number of aliphatic hydroxyl groups is 1. The van der Waals surface area contributed by atoms with Gasteiger partial charge in [-0.15, -0.1) is 0 Å². The Morgan fingerprint density at radius 3 is 2.35 bits per heavy atom. The first kappa shape index (κ1) is 22.3. The second-order valence-corrected chi connectivity index (χ2v) is 8.65. The van der Waals surface area contributed by atoms with Crippen molar-refractivity contribution in [1.82, 2.24) is 5.32 Å². The van der Waals surface area contributed by atoms with Crippen molar-refractivity contribution in [3.8, 4) is 11.1 Å². The highest BCUT2D eigenvalue weighted by atomic mass is 16.6. The van der Waals surface area contributed by atoms with Crippen LogP contribution in [0.15, 0.2) is 48.0 Å². The summed E-state index contributed by atoms with van der Waals surface area (Å²) in [6.07, 6.45) is 0. The molecule has 6 heteroatoms. The van der Waals surface area contributed by atoms with Gasteiger partial charge in [-0.3, -0.25) is 14.4 Å². The molecule has 0 radical (unpaired) electrons. The van der Waals surface area contributed by atoms with Crippen LogP contribution in [0.4, 0.5) is 0 Å². The average Bonchev–Trinajstić information content (AvgIpc) is 2.70. The van der Waals surface area contributed by atoms with Crippen LogP contribution in [0.1, 0.15) is 50.3 Å². The Morgan fingerprint density at radius 1 is 1.10 bits per heavy atom. The minimum atomic E-state index is -0.796. The minimum absolute atomic E-state index is 0.336. The number of ether oxygens (including phenoxy) is 1. The fraction of sp³-hybridized carbons (Fsp3) is 0.320. The lowest BCUT2D eigenvalue weighted by Gasteiger charge is -2.26. The highest BCUT2D eigenvalue weighted by Gasteiger charge is 2.37. The second-order valence-electron chi connectivity index (χ2n) is 8.65. The summed E-state index contributed by atoms with van der Waals surface area (Å²) < 4.78 is 5.17. The zero-order valence-electron chi connectivity index (χ0n) is 18.4. The molecule has 0 aliphatic heterocycles. The SMILES string of the molecule is Cc1c(-c2ccccc2)ccc2c1C(O)=C(C(=O)NCC(=O)OC(C)(C)C)C(=O)C2C. The predicted octanol–water partition coefficient (Wildman–Crippen LogP) is 4.08. The maximum Gasteiger partial charge on any atom is 0.325 e. The van der Waals surface area contributed by atoms with Crippen molar-refractivity contribution in [3.05, 3.63) is 64.7 Å². The lowest BCUT2D eigenvalue weighted by atomic mass is 9.78. The van der Waals surface area contributed by atoms with E-state index >= 15 is 0 Å². The van der Waals surface area contributed by atoms with E-state index < -0.39 is 35.7 Å². The third kappa shape index (κ3) is 4.53. The van der Waals surface area contributed by atoms with Gasteiger partial charge in [0, 0.05) is 11.5 Å². The standard InChI is InChI=1S/C25H27NO5/c1-14-17(16-9-7-6-8-10-16)11-12-18-15(2)22(28)21(23(29)20(14)18)24(30)26-13-19(27)31-25(3,4)5/h6-12,15,29H,13H2,1-5H3,(H,26,30). The zero-order chi connectivity index (χ0) is 22.9. The number of ketones is 1. The smallest absolute Gasteiger partial charge is 0.325 e. The van der Waals surface area contributed by atoms with Crippen LogP contribution in [-0.4, -0.2) is 34.9 Å². The molecule has 3 rings (SSSR count). The Morgan fingerprint density at radius 2 is 1.74 bits per heavy atom. The number of esters is 1. The van der Waals surface area contributed by atoms with Gasteiger partial charge >= 0.3 is 5.97 Å². The van der Waals surface area contributed by atoms with Crippen LogP contribution in [0.2, 0.25) is 0 Å². The van der Waals surface area contributed by atoms with Crippen molar-refractivity contribution in [3.63, 3.8) is 0 Å². The molecule has 2 N–H and O–H groups in total. The molecule has 31 heavy (non-hydrogen) atoms. The summed E-state index contributed by atoms with van der Waals surface area (Å²) in [4.78, 5) is 37.6. The highest BCUT2D eigenvalue weighted by Crippen LogP contribution is 2.40. The van der Waals surface area contributed by atoms with Gasteiger partial charge in [-0.25, -0.2) is 0 Å². The van der Waals surface area contributed by atoms with E-state index in [0.29, 0.717) is 11.1 Å². The number of Topliss-reactive ketones (excluding diaryl/α,β-unsaturated/α-hetero) is 1. The lowest BCUT2D eigenvalue weighted by molar-refractivity contribution is -0.154. The third-order valence-electron chi connectivity index (χ3n) is 5.20. The molecule has 0 bridgehead atoms. The number of hydrogen-bond acceptors (Lipinski definition) is 5. The van der Waals surface area contributed by atoms with E-state index in [2.05, 4.69) is 5.32 Å². The van der Waals surface area contributed by atoms with Crippen LogP contribution >= 0.6 is 0 Å². The maximum absolute atomic E-state index is 12.9. The molecule has 1 atom stereocenters. The molecule has 1 aliphatic rings. The first-order valence-corrected chi connectivity index (χ1v) is 10.2. The summed E-state index contributed by atoms with van der Waals surface area (Å²) in [7, 11) is 0. The van der Waals surface area contributed by atoms with E-state index in [9.17, 15) is 19.5 Å². The first-order chi connectivity index (χ1) is 14.5. The molecule has 162 valence electrons. The molecule has 2 aromatic carbocycles. The van der Waals surface area contributed by atoms with Gasteiger partial charge in [0.05, 0.1) is 0 Å². The van der Waals surface area contributed by atoms with Crippen LogP contribution in [0.5, 0.6) is 0 Å². The Balaban J connectivity index is 1.98. The van der Waals surface area contributed by atoms with E-state index in [0.717, 1.165) is 16.7 Å². The largest absolute Gasteiger partial charge is 0.506 e. The molecule has 0 heterocycles. The van der Waals surface area contributed by atoms with Crippen LogP contribution in [-0.2, 0) is 19.1 Å². The van der Waals surface area contributed by atoms with Crippen LogP contribution in [0.25, 0.3) is 16.9 Å². The van der Waals surface area contributed by atoms with Gasteiger partial charge in [0.25, 0.3) is 5.91 Å². The zero-order valence-corrected chi connectivity index (χ0v) is 18.4. The van der Waals surface area contributed by atoms with Gasteiger partial charge in [-0.05, 0) is 49.9 Å². The Kier molecular flexibility index (Phi) is 6.02. The van der Waals surface area contributed by atoms with E-state index in [4.69, 9.17) is 4.74 Å². The number of hydrogen-bond donors (Lipinski definition) is 2. The van der Waals surface area contributed by atoms with Crippen molar-refractivity contribution < 1.29 is 24.2 Å². The topological polar surface area (TPSA) is 92.7 Å². The fourth-order valence-electron chi connectivity index (χ4n) is 3.78. The average molecular weight is 421 g/mol. The number of amides is 1. The van der Waals surface area contributed by atoms with Crippen LogP contribution in [0.3, 0.4) is 0 Å². The molecule has 0 saturated heterocycles. The van der Waals surface area contributed by atoms with Gasteiger partial charge in [0.1, 0.15) is 23.5 Å². The Bertz CT molecular complexity index is 1080. The predicted molar refractivity (Wildman–Crippen MR) is 118 cm³/mol. The van der Waals surface area contributed by atoms with Crippen molar-refractivity contribution in [1.29, 1.82) is 0 Å². The van der Waals surface area contributed by atoms with E-state index in [1.165, 1.54) is 0 Å². The van der Waals surface area contributed by atoms with E-state index in [1.54, 1.807) is 27.7 Å². The van der Waals surface area contributed by atoms with Gasteiger partial charge < -0.3 is 15.2 Å². The molecule has 0 aromatic heterocycles. The van der Waals surface area contributed by atoms with Crippen molar-refractivity contribution >= 4 is 23.4 Å². The summed E-state index contributed by atoms with van der Waals surface area (Å²) in [5, 5.41) is 13.4. The molecular weight excluding hydrogens is 394 g/mol. The number of aliphatic hydroxyl groups excluding tert-OH is 1. The van der Waals surface area contributed by atoms with Crippen molar-refractivity contribution in [2.45, 2.75) is 46.1 Å². The lowest BCUT2D eigenvalue weighted by Crippen LogP contribution is -2.38. The molecule has 1 amide bonds. The monoisotopic (exact) mass is 421 g/mol. The van der Waals surface area contributed by atoms with Crippen molar-refractivity contribution in [2.75, 3.05) is 6.54 Å². The maximum atomic E-state index is 12.9. The van der Waals surface area contributed by atoms with Gasteiger partial charge in [-0.2, -0.15) is 0 Å². The molecule has 6 nitrogen and oxygen atoms in total. The normalized spacial score (nSPS) is 16.0. The fourth-order valence-corrected chi connectivity index (χ4v) is 3.78. The molecule has 1 unspecified atom stereocenters. The summed E-state index contributed by atoms with van der Waals surface area (Å²) >= 11 is 0. The van der Waals surface area contributed by atoms with E-state index in [1.807, 2.05) is 49.4 Å². The quantitative estimate of drug-likeness (QED) is 0.573. The number of fused-ring (bicyclic) bond motifs is 1. The summed E-state index contributed by atoms with van der Waals surface area (Å²) in [5.74, 6) is -2.87. The number of rotatable bonds is 4. The Hall–Kier alpha value is -3.41. The highest BCUT2D eigenvalue weighted by molar-refractivity contribution is 6.27. The van der Waals surface area contributed by atoms with E-state index in [-0.39, 0.29) is 11.3 Å². The third-order valence-corrected chi connectivity index (χ3v) is 5.20. The summed E-state index contributed by atoms with van der Waals surface area (Å²) in [5.41, 5.74) is 2.77. The number of carbonyl (C=O) groups excluding carboxylic acids is 3. The molecule has 0 spiro atoms. The number of benzene rings is 2. The van der Waals surface area contributed by atoms with Crippen LogP contribution in [0, 0.1) is 6.92 Å². The van der Waals surface area contributed by atoms with Crippen molar-refractivity contribution in [2.24, 2.45) is 0 Å². The molecule has 2 aromatic rings. The second kappa shape index (κ2) is 8.38. The summed E-state index contributed by atoms with van der Waals surface area (Å²) in [6.45, 7) is 8.32. The number of carbonyl (C=O) groups is 3. The molecule has 0 saturated carbocycles. The molecule has 0 fully saturated rings. The first-order valence-electron chi connectivity index (χ1n) is 10.2.